The van der Waals surface area contributed by atoms with Crippen LogP contribution in [0.5, 0.6) is 0 Å². The zero-order valence-corrected chi connectivity index (χ0v) is 12.2. The molecule has 0 bridgehead atoms. The SMILES string of the molecule is c1cncc(-c2[nH]ncc2CN2CCN3CCCC3C2)c1. The molecule has 0 amide bonds. The summed E-state index contributed by atoms with van der Waals surface area (Å²) in [5, 5.41) is 7.37. The number of rotatable bonds is 3. The van der Waals surface area contributed by atoms with Gasteiger partial charge in [-0.05, 0) is 31.5 Å². The zero-order chi connectivity index (χ0) is 14.1. The van der Waals surface area contributed by atoms with Crippen LogP contribution < -0.4 is 0 Å². The molecule has 1 N–H and O–H groups in total. The van der Waals surface area contributed by atoms with Gasteiger partial charge in [0, 0.05) is 55.7 Å². The summed E-state index contributed by atoms with van der Waals surface area (Å²) < 4.78 is 0. The maximum atomic E-state index is 4.24. The van der Waals surface area contributed by atoms with Crippen molar-refractivity contribution < 1.29 is 0 Å². The quantitative estimate of drug-likeness (QED) is 0.932. The van der Waals surface area contributed by atoms with E-state index in [-0.39, 0.29) is 0 Å². The molecule has 0 spiro atoms. The number of aromatic nitrogens is 3. The third-order valence-corrected chi connectivity index (χ3v) is 4.73. The summed E-state index contributed by atoms with van der Waals surface area (Å²) in [6.07, 6.45) is 8.39. The van der Waals surface area contributed by atoms with Gasteiger partial charge in [-0.3, -0.25) is 19.9 Å². The molecule has 2 aromatic heterocycles. The Morgan fingerprint density at radius 1 is 1.24 bits per heavy atom. The molecule has 0 aliphatic carbocycles. The van der Waals surface area contributed by atoms with E-state index in [4.69, 9.17) is 0 Å². The molecular weight excluding hydrogens is 262 g/mol. The molecule has 0 radical (unpaired) electrons. The monoisotopic (exact) mass is 283 g/mol. The third kappa shape index (κ3) is 2.59. The molecule has 4 heterocycles. The first-order valence-electron chi connectivity index (χ1n) is 7.79. The van der Waals surface area contributed by atoms with Gasteiger partial charge in [0.05, 0.1) is 11.9 Å². The minimum absolute atomic E-state index is 0.771. The van der Waals surface area contributed by atoms with E-state index in [2.05, 4.69) is 31.0 Å². The van der Waals surface area contributed by atoms with Gasteiger partial charge in [0.2, 0.25) is 0 Å². The highest BCUT2D eigenvalue weighted by molar-refractivity contribution is 5.61. The van der Waals surface area contributed by atoms with Crippen molar-refractivity contribution in [3.05, 3.63) is 36.3 Å². The normalized spacial score (nSPS) is 23.3. The first-order chi connectivity index (χ1) is 10.4. The molecule has 2 aliphatic heterocycles. The molecule has 21 heavy (non-hydrogen) atoms. The van der Waals surface area contributed by atoms with Gasteiger partial charge in [-0.25, -0.2) is 0 Å². The van der Waals surface area contributed by atoms with E-state index < -0.39 is 0 Å². The van der Waals surface area contributed by atoms with E-state index in [1.807, 2.05) is 18.5 Å². The average Bonchev–Trinajstić information content (AvgIpc) is 3.16. The van der Waals surface area contributed by atoms with Crippen LogP contribution in [0.25, 0.3) is 11.3 Å². The van der Waals surface area contributed by atoms with Crippen LogP contribution in [0.2, 0.25) is 0 Å². The zero-order valence-electron chi connectivity index (χ0n) is 12.2. The maximum absolute atomic E-state index is 4.24. The lowest BCUT2D eigenvalue weighted by molar-refractivity contribution is 0.0995. The summed E-state index contributed by atoms with van der Waals surface area (Å²) in [7, 11) is 0. The molecule has 5 heteroatoms. The fourth-order valence-corrected chi connectivity index (χ4v) is 3.63. The lowest BCUT2D eigenvalue weighted by Gasteiger charge is -2.37. The Labute approximate surface area is 125 Å². The van der Waals surface area contributed by atoms with Crippen LogP contribution in [-0.4, -0.2) is 57.2 Å². The van der Waals surface area contributed by atoms with Crippen LogP contribution in [0.15, 0.2) is 30.7 Å². The van der Waals surface area contributed by atoms with Crippen molar-refractivity contribution in [2.75, 3.05) is 26.2 Å². The smallest absolute Gasteiger partial charge is 0.0710 e. The molecule has 0 saturated carbocycles. The van der Waals surface area contributed by atoms with Gasteiger partial charge in [-0.15, -0.1) is 0 Å². The largest absolute Gasteiger partial charge is 0.298 e. The van der Waals surface area contributed by atoms with E-state index in [9.17, 15) is 0 Å². The third-order valence-electron chi connectivity index (χ3n) is 4.73. The van der Waals surface area contributed by atoms with E-state index in [0.717, 1.165) is 30.4 Å². The second kappa shape index (κ2) is 5.58. The van der Waals surface area contributed by atoms with Crippen LogP contribution in [0.1, 0.15) is 18.4 Å². The second-order valence-electron chi connectivity index (χ2n) is 6.08. The number of hydrogen-bond donors (Lipinski definition) is 1. The fraction of sp³-hybridized carbons (Fsp3) is 0.500. The molecule has 0 aromatic carbocycles. The number of nitrogens with one attached hydrogen (secondary N) is 1. The standard InChI is InChI=1S/C16H21N5/c1-3-13(9-17-5-1)16-14(10-18-19-16)11-20-7-8-21-6-2-4-15(21)12-20/h1,3,5,9-10,15H,2,4,6-8,11-12H2,(H,18,19). The highest BCUT2D eigenvalue weighted by Gasteiger charge is 2.30. The predicted octanol–water partition coefficient (Wildman–Crippen LogP) is 1.75. The Balaban J connectivity index is 1.49. The summed E-state index contributed by atoms with van der Waals surface area (Å²) in [4.78, 5) is 9.42. The van der Waals surface area contributed by atoms with Crippen molar-refractivity contribution in [1.82, 2.24) is 25.0 Å². The molecule has 1 atom stereocenters. The Hall–Kier alpha value is -1.72. The van der Waals surface area contributed by atoms with Gasteiger partial charge in [0.25, 0.3) is 0 Å². The van der Waals surface area contributed by atoms with Crippen molar-refractivity contribution in [1.29, 1.82) is 0 Å². The van der Waals surface area contributed by atoms with Crippen molar-refractivity contribution in [3.8, 4) is 11.3 Å². The Bertz CT molecular complexity index is 594. The number of piperazine rings is 1. The highest BCUT2D eigenvalue weighted by atomic mass is 15.3. The molecule has 4 rings (SSSR count). The minimum Gasteiger partial charge on any atom is -0.298 e. The molecule has 1 unspecified atom stereocenters. The van der Waals surface area contributed by atoms with Crippen LogP contribution in [-0.2, 0) is 6.54 Å². The molecule has 2 aliphatic rings. The van der Waals surface area contributed by atoms with E-state index >= 15 is 0 Å². The van der Waals surface area contributed by atoms with Gasteiger partial charge in [0.1, 0.15) is 0 Å². The van der Waals surface area contributed by atoms with E-state index in [1.54, 1.807) is 6.20 Å². The topological polar surface area (TPSA) is 48.1 Å². The minimum atomic E-state index is 0.771. The Kier molecular flexibility index (Phi) is 3.45. The fourth-order valence-electron chi connectivity index (χ4n) is 3.63. The summed E-state index contributed by atoms with van der Waals surface area (Å²) >= 11 is 0. The van der Waals surface area contributed by atoms with E-state index in [0.29, 0.717) is 0 Å². The Morgan fingerprint density at radius 3 is 3.14 bits per heavy atom. The molecule has 2 saturated heterocycles. The van der Waals surface area contributed by atoms with Crippen molar-refractivity contribution in [2.45, 2.75) is 25.4 Å². The summed E-state index contributed by atoms with van der Waals surface area (Å²) in [6.45, 7) is 5.84. The molecule has 5 nitrogen and oxygen atoms in total. The maximum Gasteiger partial charge on any atom is 0.0710 e. The molecule has 110 valence electrons. The molecular formula is C16H21N5. The van der Waals surface area contributed by atoms with Gasteiger partial charge in [-0.1, -0.05) is 0 Å². The van der Waals surface area contributed by atoms with Gasteiger partial charge >= 0.3 is 0 Å². The van der Waals surface area contributed by atoms with Crippen LogP contribution >= 0.6 is 0 Å². The number of H-pyrrole nitrogens is 1. The molecule has 2 fully saturated rings. The van der Waals surface area contributed by atoms with Crippen LogP contribution in [0.4, 0.5) is 0 Å². The van der Waals surface area contributed by atoms with Crippen molar-refractivity contribution in [3.63, 3.8) is 0 Å². The summed E-state index contributed by atoms with van der Waals surface area (Å²) in [6, 6.07) is 4.82. The lowest BCUT2D eigenvalue weighted by atomic mass is 10.1. The molecule has 2 aromatic rings. The number of aromatic amines is 1. The number of pyridine rings is 1. The first-order valence-corrected chi connectivity index (χ1v) is 7.79. The van der Waals surface area contributed by atoms with Crippen LogP contribution in [0.3, 0.4) is 0 Å². The average molecular weight is 283 g/mol. The van der Waals surface area contributed by atoms with Gasteiger partial charge in [-0.2, -0.15) is 5.10 Å². The van der Waals surface area contributed by atoms with Gasteiger partial charge < -0.3 is 0 Å². The Morgan fingerprint density at radius 2 is 2.24 bits per heavy atom. The first kappa shape index (κ1) is 13.0. The number of fused-ring (bicyclic) bond motifs is 1. The summed E-state index contributed by atoms with van der Waals surface area (Å²) in [5.74, 6) is 0. The highest BCUT2D eigenvalue weighted by Crippen LogP contribution is 2.25. The van der Waals surface area contributed by atoms with Crippen LogP contribution in [0, 0.1) is 0 Å². The summed E-state index contributed by atoms with van der Waals surface area (Å²) in [5.41, 5.74) is 3.50. The predicted molar refractivity (Wildman–Crippen MR) is 81.7 cm³/mol. The van der Waals surface area contributed by atoms with Crippen molar-refractivity contribution in [2.24, 2.45) is 0 Å². The number of nitrogens with zero attached hydrogens (tertiary/aromatic N) is 4. The van der Waals surface area contributed by atoms with E-state index in [1.165, 1.54) is 38.0 Å². The number of hydrogen-bond acceptors (Lipinski definition) is 4. The van der Waals surface area contributed by atoms with Crippen molar-refractivity contribution >= 4 is 0 Å². The van der Waals surface area contributed by atoms with Gasteiger partial charge in [0.15, 0.2) is 0 Å². The second-order valence-corrected chi connectivity index (χ2v) is 6.08. The lowest BCUT2D eigenvalue weighted by Crippen LogP contribution is -2.49.